The third-order valence-corrected chi connectivity index (χ3v) is 5.69. The van der Waals surface area contributed by atoms with E-state index in [4.69, 9.17) is 4.74 Å². The van der Waals surface area contributed by atoms with Gasteiger partial charge >= 0.3 is 0 Å². The topological polar surface area (TPSA) is 73.1 Å². The number of aromatic nitrogens is 4. The average molecular weight is 393 g/mol. The smallest absolute Gasteiger partial charge is 0.233 e. The van der Waals surface area contributed by atoms with E-state index in [0.29, 0.717) is 23.3 Å². The number of carbonyl (C=O) groups is 1. The van der Waals surface area contributed by atoms with Crippen LogP contribution in [0.15, 0.2) is 23.4 Å². The normalized spacial score (nSPS) is 14.9. The lowest BCUT2D eigenvalue weighted by Crippen LogP contribution is -2.28. The molecule has 1 fully saturated rings. The number of thioether (sulfide) groups is 1. The fourth-order valence-electron chi connectivity index (χ4n) is 3.24. The van der Waals surface area contributed by atoms with Gasteiger partial charge in [-0.2, -0.15) is 0 Å². The number of hydrogen-bond acceptors (Lipinski definition) is 6. The van der Waals surface area contributed by atoms with Crippen LogP contribution in [0.1, 0.15) is 43.7 Å². The Kier molecular flexibility index (Phi) is 6.65. The van der Waals surface area contributed by atoms with Crippen LogP contribution in [0.5, 0.6) is 5.75 Å². The van der Waals surface area contributed by atoms with Gasteiger partial charge in [0.15, 0.2) is 11.6 Å². The van der Waals surface area contributed by atoms with E-state index in [1.807, 2.05) is 4.68 Å². The minimum Gasteiger partial charge on any atom is -0.494 e. The van der Waals surface area contributed by atoms with Gasteiger partial charge in [0.05, 0.1) is 18.9 Å². The molecule has 146 valence electrons. The molecule has 0 spiro atoms. The van der Waals surface area contributed by atoms with Crippen molar-refractivity contribution in [3.8, 4) is 5.75 Å². The fourth-order valence-corrected chi connectivity index (χ4v) is 4.13. The molecule has 1 aromatic carbocycles. The molecule has 0 atom stereocenters. The number of tetrazole rings is 1. The molecule has 0 radical (unpaired) electrons. The first-order valence-corrected chi connectivity index (χ1v) is 10.0. The molecule has 0 saturated heterocycles. The van der Waals surface area contributed by atoms with Gasteiger partial charge in [-0.25, -0.2) is 9.07 Å². The summed E-state index contributed by atoms with van der Waals surface area (Å²) in [6.45, 7) is 0.327. The van der Waals surface area contributed by atoms with Crippen LogP contribution < -0.4 is 4.74 Å². The van der Waals surface area contributed by atoms with Gasteiger partial charge in [0, 0.05) is 13.6 Å². The number of rotatable bonds is 7. The second-order valence-corrected chi connectivity index (χ2v) is 7.65. The van der Waals surface area contributed by atoms with E-state index < -0.39 is 5.82 Å². The molecule has 0 bridgehead atoms. The highest BCUT2D eigenvalue weighted by Gasteiger charge is 2.21. The van der Waals surface area contributed by atoms with Crippen molar-refractivity contribution in [2.45, 2.75) is 49.8 Å². The first-order valence-electron chi connectivity index (χ1n) is 9.05. The van der Waals surface area contributed by atoms with Crippen LogP contribution in [0.2, 0.25) is 0 Å². The summed E-state index contributed by atoms with van der Waals surface area (Å²) >= 11 is 1.35. The van der Waals surface area contributed by atoms with Crippen LogP contribution in [0.3, 0.4) is 0 Å². The molecule has 1 aromatic heterocycles. The van der Waals surface area contributed by atoms with Crippen molar-refractivity contribution in [3.63, 3.8) is 0 Å². The summed E-state index contributed by atoms with van der Waals surface area (Å²) < 4.78 is 20.6. The molecular formula is C18H24FN5O2S. The standard InChI is InChI=1S/C18H24FN5O2S/c1-23(11-13-8-9-16(26-2)15(19)10-13)17(25)12-27-18-20-21-22-24(18)14-6-4-3-5-7-14/h8-10,14H,3-7,11-12H2,1-2H3. The molecule has 0 aliphatic heterocycles. The fraction of sp³-hybridized carbons (Fsp3) is 0.556. The van der Waals surface area contributed by atoms with E-state index >= 15 is 0 Å². The molecule has 9 heteroatoms. The molecule has 1 heterocycles. The maximum absolute atomic E-state index is 13.8. The van der Waals surface area contributed by atoms with Crippen molar-refractivity contribution in [2.75, 3.05) is 19.9 Å². The second-order valence-electron chi connectivity index (χ2n) is 6.71. The molecule has 2 aromatic rings. The number of ether oxygens (including phenoxy) is 1. The van der Waals surface area contributed by atoms with Gasteiger partial charge in [0.1, 0.15) is 0 Å². The summed E-state index contributed by atoms with van der Waals surface area (Å²) in [6, 6.07) is 5.03. The third-order valence-electron chi connectivity index (χ3n) is 4.77. The van der Waals surface area contributed by atoms with E-state index in [0.717, 1.165) is 12.8 Å². The van der Waals surface area contributed by atoms with Crippen LogP contribution in [-0.2, 0) is 11.3 Å². The summed E-state index contributed by atoms with van der Waals surface area (Å²) in [5.41, 5.74) is 0.709. The molecule has 1 aliphatic rings. The highest BCUT2D eigenvalue weighted by molar-refractivity contribution is 7.99. The van der Waals surface area contributed by atoms with Crippen LogP contribution in [0.25, 0.3) is 0 Å². The SMILES string of the molecule is COc1ccc(CN(C)C(=O)CSc2nnnn2C2CCCCC2)cc1F. The predicted octanol–water partition coefficient (Wildman–Crippen LogP) is 3.08. The predicted molar refractivity (Wildman–Crippen MR) is 100 cm³/mol. The molecule has 0 N–H and O–H groups in total. The molecule has 3 rings (SSSR count). The van der Waals surface area contributed by atoms with E-state index in [9.17, 15) is 9.18 Å². The lowest BCUT2D eigenvalue weighted by atomic mass is 9.96. The van der Waals surface area contributed by atoms with E-state index in [-0.39, 0.29) is 17.4 Å². The van der Waals surface area contributed by atoms with Crippen molar-refractivity contribution in [3.05, 3.63) is 29.6 Å². The van der Waals surface area contributed by atoms with Crippen LogP contribution in [0.4, 0.5) is 4.39 Å². The number of halogens is 1. The monoisotopic (exact) mass is 393 g/mol. The number of hydrogen-bond donors (Lipinski definition) is 0. The Morgan fingerprint density at radius 2 is 2.15 bits per heavy atom. The van der Waals surface area contributed by atoms with E-state index in [1.165, 1.54) is 44.2 Å². The second kappa shape index (κ2) is 9.16. The van der Waals surface area contributed by atoms with Gasteiger partial charge in [0.2, 0.25) is 11.1 Å². The Morgan fingerprint density at radius 3 is 2.85 bits per heavy atom. The van der Waals surface area contributed by atoms with Crippen molar-refractivity contribution >= 4 is 17.7 Å². The van der Waals surface area contributed by atoms with Crippen molar-refractivity contribution in [1.82, 2.24) is 25.1 Å². The number of methoxy groups -OCH3 is 1. The van der Waals surface area contributed by atoms with Gasteiger partial charge < -0.3 is 9.64 Å². The summed E-state index contributed by atoms with van der Waals surface area (Å²) in [5, 5.41) is 12.6. The molecule has 0 unspecified atom stereocenters. The zero-order valence-corrected chi connectivity index (χ0v) is 16.4. The maximum Gasteiger partial charge on any atom is 0.233 e. The number of benzene rings is 1. The van der Waals surface area contributed by atoms with Crippen molar-refractivity contribution in [2.24, 2.45) is 0 Å². The van der Waals surface area contributed by atoms with Gasteiger partial charge in [-0.3, -0.25) is 4.79 Å². The summed E-state index contributed by atoms with van der Waals surface area (Å²) in [6.07, 6.45) is 5.80. The Labute approximate surface area is 162 Å². The quantitative estimate of drug-likeness (QED) is 0.673. The molecular weight excluding hydrogens is 369 g/mol. The number of carbonyl (C=O) groups excluding carboxylic acids is 1. The van der Waals surface area contributed by atoms with E-state index in [2.05, 4.69) is 15.5 Å². The first kappa shape index (κ1) is 19.6. The molecule has 7 nitrogen and oxygen atoms in total. The zero-order chi connectivity index (χ0) is 19.2. The molecule has 1 amide bonds. The Balaban J connectivity index is 1.55. The Bertz CT molecular complexity index is 779. The molecule has 1 aliphatic carbocycles. The highest BCUT2D eigenvalue weighted by Crippen LogP contribution is 2.30. The molecule has 27 heavy (non-hydrogen) atoms. The number of nitrogens with zero attached hydrogens (tertiary/aromatic N) is 5. The minimum atomic E-state index is -0.433. The highest BCUT2D eigenvalue weighted by atomic mass is 32.2. The van der Waals surface area contributed by atoms with Crippen molar-refractivity contribution in [1.29, 1.82) is 0 Å². The van der Waals surface area contributed by atoms with E-state index in [1.54, 1.807) is 24.1 Å². The summed E-state index contributed by atoms with van der Waals surface area (Å²) in [7, 11) is 3.13. The van der Waals surface area contributed by atoms with Crippen LogP contribution >= 0.6 is 11.8 Å². The summed E-state index contributed by atoms with van der Waals surface area (Å²) in [4.78, 5) is 14.0. The molecule has 1 saturated carbocycles. The third kappa shape index (κ3) is 4.97. The minimum absolute atomic E-state index is 0.0607. The Morgan fingerprint density at radius 1 is 1.37 bits per heavy atom. The maximum atomic E-state index is 13.8. The zero-order valence-electron chi connectivity index (χ0n) is 15.6. The van der Waals surface area contributed by atoms with Gasteiger partial charge in [-0.1, -0.05) is 37.1 Å². The van der Waals surface area contributed by atoms with Crippen LogP contribution in [-0.4, -0.2) is 50.9 Å². The lowest BCUT2D eigenvalue weighted by molar-refractivity contribution is -0.127. The summed E-state index contributed by atoms with van der Waals surface area (Å²) in [5.74, 6) is -0.0634. The lowest BCUT2D eigenvalue weighted by Gasteiger charge is -2.22. The van der Waals surface area contributed by atoms with Crippen LogP contribution in [0, 0.1) is 5.82 Å². The number of amides is 1. The van der Waals surface area contributed by atoms with Gasteiger partial charge in [-0.05, 0) is 41.0 Å². The van der Waals surface area contributed by atoms with Crippen molar-refractivity contribution < 1.29 is 13.9 Å². The largest absolute Gasteiger partial charge is 0.494 e. The average Bonchev–Trinajstić information content (AvgIpc) is 3.15. The Hall–Kier alpha value is -2.16. The van der Waals surface area contributed by atoms with Gasteiger partial charge in [0.25, 0.3) is 0 Å². The van der Waals surface area contributed by atoms with Gasteiger partial charge in [-0.15, -0.1) is 5.10 Å². The first-order chi connectivity index (χ1) is 13.1.